The molecule has 1 N–H and O–H groups in total. The van der Waals surface area contributed by atoms with Gasteiger partial charge in [0.25, 0.3) is 0 Å². The summed E-state index contributed by atoms with van der Waals surface area (Å²) >= 11 is 0. The van der Waals surface area contributed by atoms with Gasteiger partial charge in [-0.1, -0.05) is 60.2 Å². The van der Waals surface area contributed by atoms with Gasteiger partial charge in [-0.05, 0) is 37.3 Å². The van der Waals surface area contributed by atoms with Gasteiger partial charge < -0.3 is 19.7 Å². The molecule has 4 rings (SSSR count). The molecule has 0 aromatic heterocycles. The number of benzene rings is 2. The molecule has 5 nitrogen and oxygen atoms in total. The summed E-state index contributed by atoms with van der Waals surface area (Å²) < 4.78 is 12.2. The number of guanidine groups is 1. The molecule has 3 unspecified atom stereocenters. The Kier molecular flexibility index (Phi) is 8.18. The molecule has 2 aromatic rings. The van der Waals surface area contributed by atoms with Gasteiger partial charge in [-0.3, -0.25) is 4.99 Å². The van der Waals surface area contributed by atoms with Crippen molar-refractivity contribution < 1.29 is 9.47 Å². The topological polar surface area (TPSA) is 46.1 Å². The highest BCUT2D eigenvalue weighted by molar-refractivity contribution is 5.80. The number of nitrogens with zero attached hydrogens (tertiary/aromatic N) is 2. The fourth-order valence-electron chi connectivity index (χ4n) is 4.81. The van der Waals surface area contributed by atoms with Crippen LogP contribution in [0, 0.1) is 18.8 Å². The van der Waals surface area contributed by atoms with Gasteiger partial charge in [0.2, 0.25) is 0 Å². The number of hydrogen-bond donors (Lipinski definition) is 1. The van der Waals surface area contributed by atoms with Gasteiger partial charge in [0.15, 0.2) is 5.96 Å². The largest absolute Gasteiger partial charge is 0.376 e. The van der Waals surface area contributed by atoms with Gasteiger partial charge >= 0.3 is 0 Å². The monoisotopic (exact) mass is 435 g/mol. The summed E-state index contributed by atoms with van der Waals surface area (Å²) in [6.07, 6.45) is 3.61. The molecule has 2 saturated heterocycles. The zero-order chi connectivity index (χ0) is 22.2. The number of aryl methyl sites for hydroxylation is 1. The zero-order valence-electron chi connectivity index (χ0n) is 19.5. The van der Waals surface area contributed by atoms with Crippen molar-refractivity contribution in [2.45, 2.75) is 38.9 Å². The molecule has 3 atom stereocenters. The lowest BCUT2D eigenvalue weighted by molar-refractivity contribution is -0.0266. The van der Waals surface area contributed by atoms with E-state index in [9.17, 15) is 0 Å². The number of rotatable bonds is 7. The first-order chi connectivity index (χ1) is 15.7. The third-order valence-electron chi connectivity index (χ3n) is 6.64. The molecular formula is C27H37N3O2. The first-order valence-corrected chi connectivity index (χ1v) is 12.0. The van der Waals surface area contributed by atoms with Crippen LogP contribution in [0.3, 0.4) is 0 Å². The first-order valence-electron chi connectivity index (χ1n) is 12.0. The molecule has 0 amide bonds. The van der Waals surface area contributed by atoms with E-state index in [2.05, 4.69) is 70.7 Å². The Labute approximate surface area is 192 Å². The molecule has 172 valence electrons. The Bertz CT molecular complexity index is 853. The second-order valence-electron chi connectivity index (χ2n) is 9.13. The van der Waals surface area contributed by atoms with E-state index >= 15 is 0 Å². The molecule has 2 heterocycles. The van der Waals surface area contributed by atoms with Crippen LogP contribution >= 0.6 is 0 Å². The Morgan fingerprint density at radius 3 is 2.72 bits per heavy atom. The molecular weight excluding hydrogens is 398 g/mol. The fraction of sp³-hybridized carbons (Fsp3) is 0.519. The summed E-state index contributed by atoms with van der Waals surface area (Å²) in [5, 5.41) is 3.65. The van der Waals surface area contributed by atoms with Crippen molar-refractivity contribution in [1.29, 1.82) is 0 Å². The number of aliphatic imine (C=N–C) groups is 1. The third kappa shape index (κ3) is 6.11. The average molecular weight is 436 g/mol. The summed E-state index contributed by atoms with van der Waals surface area (Å²) in [5.74, 6) is 2.01. The number of nitrogens with one attached hydrogen (secondary N) is 1. The van der Waals surface area contributed by atoms with Gasteiger partial charge in [0, 0.05) is 45.1 Å². The fourth-order valence-corrected chi connectivity index (χ4v) is 4.81. The molecule has 0 bridgehead atoms. The smallest absolute Gasteiger partial charge is 0.193 e. The molecule has 0 radical (unpaired) electrons. The van der Waals surface area contributed by atoms with Crippen molar-refractivity contribution in [3.8, 4) is 0 Å². The minimum atomic E-state index is 0.160. The lowest BCUT2D eigenvalue weighted by atomic mass is 9.89. The maximum absolute atomic E-state index is 6.20. The van der Waals surface area contributed by atoms with Crippen molar-refractivity contribution in [2.24, 2.45) is 16.8 Å². The number of ether oxygens (including phenoxy) is 2. The van der Waals surface area contributed by atoms with Gasteiger partial charge in [0.05, 0.1) is 19.3 Å². The van der Waals surface area contributed by atoms with E-state index in [4.69, 9.17) is 9.47 Å². The average Bonchev–Trinajstić information content (AvgIpc) is 3.30. The van der Waals surface area contributed by atoms with Crippen LogP contribution in [0.5, 0.6) is 0 Å². The normalized spacial score (nSPS) is 24.0. The van der Waals surface area contributed by atoms with Crippen molar-refractivity contribution in [1.82, 2.24) is 10.2 Å². The van der Waals surface area contributed by atoms with Crippen LogP contribution in [0.25, 0.3) is 0 Å². The quantitative estimate of drug-likeness (QED) is 0.511. The lowest BCUT2D eigenvalue weighted by Gasteiger charge is -2.33. The SMILES string of the molecule is CN=C(NCC1CCCOC1c1ccc(C)cc1)N1CCC(COCc2ccccc2)C1. The van der Waals surface area contributed by atoms with E-state index in [1.165, 1.54) is 23.1 Å². The second kappa shape index (κ2) is 11.5. The van der Waals surface area contributed by atoms with E-state index < -0.39 is 0 Å². The van der Waals surface area contributed by atoms with Crippen LogP contribution in [-0.4, -0.2) is 50.8 Å². The molecule has 2 aliphatic rings. The van der Waals surface area contributed by atoms with Crippen molar-refractivity contribution in [3.05, 3.63) is 71.3 Å². The lowest BCUT2D eigenvalue weighted by Crippen LogP contribution is -2.43. The van der Waals surface area contributed by atoms with Crippen LogP contribution in [0.2, 0.25) is 0 Å². The highest BCUT2D eigenvalue weighted by atomic mass is 16.5. The van der Waals surface area contributed by atoms with Crippen LogP contribution in [0.4, 0.5) is 0 Å². The van der Waals surface area contributed by atoms with Gasteiger partial charge in [-0.25, -0.2) is 0 Å². The summed E-state index contributed by atoms with van der Waals surface area (Å²) in [4.78, 5) is 6.95. The minimum absolute atomic E-state index is 0.160. The van der Waals surface area contributed by atoms with E-state index in [0.717, 1.165) is 51.6 Å². The Morgan fingerprint density at radius 2 is 1.94 bits per heavy atom. The van der Waals surface area contributed by atoms with Crippen molar-refractivity contribution in [3.63, 3.8) is 0 Å². The van der Waals surface area contributed by atoms with Crippen molar-refractivity contribution >= 4 is 5.96 Å². The minimum Gasteiger partial charge on any atom is -0.376 e. The maximum Gasteiger partial charge on any atom is 0.193 e. The van der Waals surface area contributed by atoms with Crippen molar-refractivity contribution in [2.75, 3.05) is 39.9 Å². The van der Waals surface area contributed by atoms with E-state index in [0.29, 0.717) is 18.4 Å². The highest BCUT2D eigenvalue weighted by Gasteiger charge is 2.29. The Balaban J connectivity index is 1.25. The molecule has 5 heteroatoms. The maximum atomic E-state index is 6.20. The van der Waals surface area contributed by atoms with E-state index in [1.807, 2.05) is 13.1 Å². The molecule has 0 aliphatic carbocycles. The molecule has 2 aromatic carbocycles. The van der Waals surface area contributed by atoms with Gasteiger partial charge in [-0.2, -0.15) is 0 Å². The summed E-state index contributed by atoms with van der Waals surface area (Å²) in [6, 6.07) is 19.2. The Hall–Kier alpha value is -2.37. The van der Waals surface area contributed by atoms with Gasteiger partial charge in [-0.15, -0.1) is 0 Å². The summed E-state index contributed by atoms with van der Waals surface area (Å²) in [6.45, 7) is 7.38. The molecule has 2 aliphatic heterocycles. The van der Waals surface area contributed by atoms with Crippen LogP contribution in [-0.2, 0) is 16.1 Å². The predicted octanol–water partition coefficient (Wildman–Crippen LogP) is 4.58. The first kappa shape index (κ1) is 22.8. The molecule has 0 saturated carbocycles. The van der Waals surface area contributed by atoms with Gasteiger partial charge in [0.1, 0.15) is 0 Å². The standard InChI is InChI=1S/C27H37N3O2/c1-21-10-12-24(13-11-21)26-25(9-6-16-32-26)17-29-27(28-2)30-15-14-23(18-30)20-31-19-22-7-4-3-5-8-22/h3-5,7-8,10-13,23,25-26H,6,9,14-20H2,1-2H3,(H,28,29). The van der Waals surface area contributed by atoms with Crippen LogP contribution < -0.4 is 5.32 Å². The van der Waals surface area contributed by atoms with E-state index in [-0.39, 0.29) is 6.10 Å². The molecule has 32 heavy (non-hydrogen) atoms. The number of likely N-dealkylation sites (tertiary alicyclic amines) is 1. The summed E-state index contributed by atoms with van der Waals surface area (Å²) in [7, 11) is 1.89. The zero-order valence-corrected chi connectivity index (χ0v) is 19.5. The third-order valence-corrected chi connectivity index (χ3v) is 6.64. The summed E-state index contributed by atoms with van der Waals surface area (Å²) in [5.41, 5.74) is 3.81. The highest BCUT2D eigenvalue weighted by Crippen LogP contribution is 2.33. The predicted molar refractivity (Wildman–Crippen MR) is 130 cm³/mol. The second-order valence-corrected chi connectivity index (χ2v) is 9.13. The van der Waals surface area contributed by atoms with Crippen LogP contribution in [0.15, 0.2) is 59.6 Å². The van der Waals surface area contributed by atoms with Crippen LogP contribution in [0.1, 0.15) is 42.1 Å². The Morgan fingerprint density at radius 1 is 1.12 bits per heavy atom. The number of hydrogen-bond acceptors (Lipinski definition) is 3. The molecule has 2 fully saturated rings. The molecule has 0 spiro atoms. The van der Waals surface area contributed by atoms with E-state index in [1.54, 1.807) is 0 Å².